The molecule has 0 unspecified atom stereocenters. The molecule has 126 valence electrons. The molecule has 9 nitrogen and oxygen atoms in total. The molecule has 0 aromatic heterocycles. The molecule has 24 heavy (non-hydrogen) atoms. The van der Waals surface area contributed by atoms with Crippen molar-refractivity contribution in [2.45, 2.75) is 13.0 Å². The number of nitrogens with zero attached hydrogens (tertiary/aromatic N) is 1. The first-order chi connectivity index (χ1) is 11.3. The second-order valence-corrected chi connectivity index (χ2v) is 4.94. The Morgan fingerprint density at radius 3 is 2.83 bits per heavy atom. The third-order valence-corrected chi connectivity index (χ3v) is 3.33. The van der Waals surface area contributed by atoms with E-state index in [1.165, 1.54) is 19.1 Å². The molecule has 0 saturated heterocycles. The number of amides is 2. The van der Waals surface area contributed by atoms with Crippen molar-refractivity contribution in [2.24, 2.45) is 0 Å². The Morgan fingerprint density at radius 1 is 1.50 bits per heavy atom. The molecule has 1 aliphatic heterocycles. The number of benzene rings is 1. The molecule has 0 saturated carbocycles. The van der Waals surface area contributed by atoms with Crippen LogP contribution in [-0.4, -0.2) is 23.5 Å². The van der Waals surface area contributed by atoms with Gasteiger partial charge < -0.3 is 20.5 Å². The summed E-state index contributed by atoms with van der Waals surface area (Å²) in [7, 11) is 0. The van der Waals surface area contributed by atoms with E-state index in [0.29, 0.717) is 0 Å². The largest absolute Gasteiger partial charge is 0.868 e. The first kappa shape index (κ1) is 17.0. The van der Waals surface area contributed by atoms with Crippen molar-refractivity contribution in [3.8, 4) is 5.75 Å². The predicted octanol–water partition coefficient (Wildman–Crippen LogP) is 1.03. The van der Waals surface area contributed by atoms with E-state index in [0.717, 1.165) is 12.1 Å². The lowest BCUT2D eigenvalue weighted by Gasteiger charge is -2.28. The van der Waals surface area contributed by atoms with Gasteiger partial charge in [-0.05, 0) is 18.2 Å². The van der Waals surface area contributed by atoms with Crippen LogP contribution >= 0.6 is 0 Å². The minimum Gasteiger partial charge on any atom is -0.868 e. The van der Waals surface area contributed by atoms with Gasteiger partial charge in [-0.15, -0.1) is 0 Å². The number of rotatable bonds is 5. The molecule has 9 heteroatoms. The maximum absolute atomic E-state index is 12.2. The number of hydrogen-bond donors (Lipinski definition) is 2. The van der Waals surface area contributed by atoms with E-state index in [4.69, 9.17) is 4.74 Å². The smallest absolute Gasteiger partial charge is 0.338 e. The highest BCUT2D eigenvalue weighted by atomic mass is 16.6. The van der Waals surface area contributed by atoms with E-state index >= 15 is 0 Å². The van der Waals surface area contributed by atoms with Crippen molar-refractivity contribution >= 4 is 17.7 Å². The summed E-state index contributed by atoms with van der Waals surface area (Å²) in [6, 6.07) is 1.82. The van der Waals surface area contributed by atoms with Crippen LogP contribution in [0, 0.1) is 10.1 Å². The molecule has 0 bridgehead atoms. The average molecular weight is 332 g/mol. The molecule has 1 aromatic rings. The number of urea groups is 1. The van der Waals surface area contributed by atoms with E-state index < -0.39 is 34.4 Å². The Bertz CT molecular complexity index is 756. The highest BCUT2D eigenvalue weighted by Crippen LogP contribution is 2.32. The zero-order chi connectivity index (χ0) is 17.9. The predicted molar refractivity (Wildman–Crippen MR) is 80.8 cm³/mol. The number of ether oxygens (including phenoxy) is 1. The summed E-state index contributed by atoms with van der Waals surface area (Å²) in [6.07, 6.45) is 1.38. The summed E-state index contributed by atoms with van der Waals surface area (Å²) < 4.78 is 4.99. The third-order valence-electron chi connectivity index (χ3n) is 3.33. The van der Waals surface area contributed by atoms with Crippen LogP contribution in [0.5, 0.6) is 5.75 Å². The summed E-state index contributed by atoms with van der Waals surface area (Å²) in [4.78, 5) is 34.0. The number of carbonyl (C=O) groups is 2. The first-order valence-electron chi connectivity index (χ1n) is 6.86. The topological polar surface area (TPSA) is 134 Å². The Kier molecular flexibility index (Phi) is 4.83. The molecule has 2 rings (SSSR count). The quantitative estimate of drug-likeness (QED) is 0.358. The maximum Gasteiger partial charge on any atom is 0.338 e. The number of nitro benzene ring substituents is 1. The van der Waals surface area contributed by atoms with Crippen LogP contribution in [0.3, 0.4) is 0 Å². The Balaban J connectivity index is 2.49. The van der Waals surface area contributed by atoms with Gasteiger partial charge in [-0.3, -0.25) is 10.1 Å². The molecule has 1 aromatic carbocycles. The fourth-order valence-corrected chi connectivity index (χ4v) is 2.28. The van der Waals surface area contributed by atoms with Gasteiger partial charge in [-0.2, -0.15) is 0 Å². The molecule has 0 aliphatic carbocycles. The molecule has 2 N–H and O–H groups in total. The Morgan fingerprint density at radius 2 is 2.21 bits per heavy atom. The van der Waals surface area contributed by atoms with Gasteiger partial charge in [0.2, 0.25) is 0 Å². The normalized spacial score (nSPS) is 16.9. The average Bonchev–Trinajstić information content (AvgIpc) is 2.52. The van der Waals surface area contributed by atoms with Crippen molar-refractivity contribution in [2.75, 3.05) is 6.61 Å². The van der Waals surface area contributed by atoms with E-state index in [2.05, 4.69) is 17.2 Å². The summed E-state index contributed by atoms with van der Waals surface area (Å²) in [6.45, 7) is 4.91. The van der Waals surface area contributed by atoms with Crippen molar-refractivity contribution in [1.29, 1.82) is 0 Å². The van der Waals surface area contributed by atoms with E-state index in [-0.39, 0.29) is 23.4 Å². The minimum atomic E-state index is -0.977. The summed E-state index contributed by atoms with van der Waals surface area (Å²) in [5.74, 6) is -1.47. The second-order valence-electron chi connectivity index (χ2n) is 4.94. The number of carbonyl (C=O) groups excluding carboxylic acids is 2. The van der Waals surface area contributed by atoms with Crippen LogP contribution in [0.25, 0.3) is 0 Å². The highest BCUT2D eigenvalue weighted by molar-refractivity contribution is 5.95. The van der Waals surface area contributed by atoms with E-state index in [9.17, 15) is 24.8 Å². The van der Waals surface area contributed by atoms with Crippen molar-refractivity contribution < 1.29 is 24.4 Å². The number of esters is 1. The number of hydrogen-bond acceptors (Lipinski definition) is 6. The third kappa shape index (κ3) is 3.35. The van der Waals surface area contributed by atoms with Gasteiger partial charge in [-0.1, -0.05) is 24.8 Å². The molecule has 0 spiro atoms. The molecule has 1 atom stereocenters. The molecule has 0 radical (unpaired) electrons. The van der Waals surface area contributed by atoms with Gasteiger partial charge in [0.15, 0.2) is 0 Å². The van der Waals surface area contributed by atoms with Crippen molar-refractivity contribution in [1.82, 2.24) is 10.6 Å². The van der Waals surface area contributed by atoms with Crippen LogP contribution in [0.4, 0.5) is 10.5 Å². The number of nitrogens with one attached hydrogen (secondary N) is 2. The van der Waals surface area contributed by atoms with Crippen molar-refractivity contribution in [3.05, 3.63) is 57.8 Å². The molecule has 2 amide bonds. The Labute approximate surface area is 136 Å². The first-order valence-corrected chi connectivity index (χ1v) is 6.86. The minimum absolute atomic E-state index is 0.0318. The zero-order valence-corrected chi connectivity index (χ0v) is 12.7. The Hall–Kier alpha value is -3.36. The van der Waals surface area contributed by atoms with Gasteiger partial charge in [0, 0.05) is 11.8 Å². The van der Waals surface area contributed by atoms with Gasteiger partial charge in [-0.25, -0.2) is 9.59 Å². The molecule has 1 aliphatic rings. The van der Waals surface area contributed by atoms with Crippen molar-refractivity contribution in [3.63, 3.8) is 0 Å². The number of allylic oxidation sites excluding steroid dienone is 1. The summed E-state index contributed by atoms with van der Waals surface area (Å²) in [5.41, 5.74) is -0.0751. The molecular formula is C15H14N3O6-. The summed E-state index contributed by atoms with van der Waals surface area (Å²) >= 11 is 0. The summed E-state index contributed by atoms with van der Waals surface area (Å²) in [5, 5.41) is 27.4. The lowest BCUT2D eigenvalue weighted by atomic mass is 9.95. The lowest BCUT2D eigenvalue weighted by Crippen LogP contribution is -2.45. The zero-order valence-electron chi connectivity index (χ0n) is 12.7. The van der Waals surface area contributed by atoms with Gasteiger partial charge in [0.1, 0.15) is 6.61 Å². The van der Waals surface area contributed by atoms with Crippen LogP contribution in [0.15, 0.2) is 42.1 Å². The number of nitro groups is 1. The van der Waals surface area contributed by atoms with Crippen LogP contribution in [0.1, 0.15) is 18.5 Å². The fourth-order valence-electron chi connectivity index (χ4n) is 2.28. The van der Waals surface area contributed by atoms with E-state index in [1.54, 1.807) is 0 Å². The van der Waals surface area contributed by atoms with Crippen LogP contribution in [-0.2, 0) is 9.53 Å². The van der Waals surface area contributed by atoms with E-state index in [1.807, 2.05) is 0 Å². The second kappa shape index (κ2) is 6.82. The SMILES string of the molecule is C=CCOC(=O)C1=C(C)NC(=O)N[C@@H]1c1ccc([O-])c([N+](=O)[O-])c1. The molecule has 0 fully saturated rings. The standard InChI is InChI=1S/C15H15N3O6/c1-3-6-24-14(20)12-8(2)16-15(21)17-13(12)9-4-5-11(19)10(7-9)18(22)23/h3-5,7,13,19H,1,6H2,2H3,(H2,16,17,21)/p-1/t13-/m1/s1. The lowest BCUT2D eigenvalue weighted by molar-refractivity contribution is -0.398. The van der Waals surface area contributed by atoms with Crippen LogP contribution < -0.4 is 15.7 Å². The maximum atomic E-state index is 12.2. The highest BCUT2D eigenvalue weighted by Gasteiger charge is 2.32. The fraction of sp³-hybridized carbons (Fsp3) is 0.200. The van der Waals surface area contributed by atoms with Crippen LogP contribution in [0.2, 0.25) is 0 Å². The monoisotopic (exact) mass is 332 g/mol. The van der Waals surface area contributed by atoms with Gasteiger partial charge in [0.05, 0.1) is 16.5 Å². The van der Waals surface area contributed by atoms with Gasteiger partial charge in [0.25, 0.3) is 5.69 Å². The molecule has 1 heterocycles. The molecular weight excluding hydrogens is 318 g/mol. The van der Waals surface area contributed by atoms with Gasteiger partial charge >= 0.3 is 12.0 Å².